The molecule has 0 radical (unpaired) electrons. The third-order valence-electron chi connectivity index (χ3n) is 3.71. The predicted octanol–water partition coefficient (Wildman–Crippen LogP) is 2.14. The molecule has 0 atom stereocenters. The molecule has 0 spiro atoms. The molecule has 0 unspecified atom stereocenters. The van der Waals surface area contributed by atoms with Crippen LogP contribution in [0.1, 0.15) is 12.8 Å². The van der Waals surface area contributed by atoms with E-state index in [2.05, 4.69) is 0 Å². The average Bonchev–Trinajstić information content (AvgIpc) is 2.40. The van der Waals surface area contributed by atoms with Gasteiger partial charge in [0, 0.05) is 32.5 Å². The van der Waals surface area contributed by atoms with Crippen molar-refractivity contribution >= 4 is 11.7 Å². The highest BCUT2D eigenvalue weighted by atomic mass is 19.1. The lowest BCUT2D eigenvalue weighted by Crippen LogP contribution is -2.45. The molecule has 1 aromatic carbocycles. The molecule has 1 aliphatic rings. The predicted molar refractivity (Wildman–Crippen MR) is 69.8 cm³/mol. The van der Waals surface area contributed by atoms with Crippen molar-refractivity contribution in [2.75, 3.05) is 31.7 Å². The van der Waals surface area contributed by atoms with Crippen LogP contribution in [0.4, 0.5) is 10.1 Å². The molecule has 19 heavy (non-hydrogen) atoms. The molecule has 0 saturated carbocycles. The summed E-state index contributed by atoms with van der Waals surface area (Å²) in [7, 11) is 1.83. The summed E-state index contributed by atoms with van der Waals surface area (Å²) in [5, 5.41) is 9.49. The summed E-state index contributed by atoms with van der Waals surface area (Å²) in [5.74, 6) is -1.08. The lowest BCUT2D eigenvalue weighted by molar-refractivity contribution is -0.154. The first kappa shape index (κ1) is 13.8. The van der Waals surface area contributed by atoms with Gasteiger partial charge in [0.2, 0.25) is 0 Å². The molecule has 1 aliphatic heterocycles. The highest BCUT2D eigenvalue weighted by Gasteiger charge is 2.41. The summed E-state index contributed by atoms with van der Waals surface area (Å²) in [6.07, 6.45) is 1.02. The summed E-state index contributed by atoms with van der Waals surface area (Å²) in [6.45, 7) is 1.35. The van der Waals surface area contributed by atoms with Crippen LogP contribution in [0.3, 0.4) is 0 Å². The Hall–Kier alpha value is -1.62. The van der Waals surface area contributed by atoms with Gasteiger partial charge >= 0.3 is 5.97 Å². The number of ether oxygens (including phenoxy) is 1. The van der Waals surface area contributed by atoms with Gasteiger partial charge in [0.25, 0.3) is 0 Å². The Morgan fingerprint density at radius 2 is 1.95 bits per heavy atom. The van der Waals surface area contributed by atoms with Crippen LogP contribution in [0, 0.1) is 11.2 Å². The monoisotopic (exact) mass is 267 g/mol. The van der Waals surface area contributed by atoms with Crippen LogP contribution in [-0.2, 0) is 9.53 Å². The van der Waals surface area contributed by atoms with E-state index in [1.807, 2.05) is 11.9 Å². The number of aliphatic carboxylic acids is 1. The van der Waals surface area contributed by atoms with Crippen LogP contribution in [0.25, 0.3) is 0 Å². The van der Waals surface area contributed by atoms with Gasteiger partial charge in [0.05, 0.1) is 5.41 Å². The standard InChI is InChI=1S/C14H18FNO3/c1-16(12-4-2-11(15)3-5-12)10-14(13(17)18)6-8-19-9-7-14/h2-5H,6-10H2,1H3,(H,17,18). The third kappa shape index (κ3) is 3.04. The van der Waals surface area contributed by atoms with E-state index in [0.717, 1.165) is 5.69 Å². The fourth-order valence-electron chi connectivity index (χ4n) is 2.44. The number of nitrogens with zero attached hydrogens (tertiary/aromatic N) is 1. The molecular formula is C14H18FNO3. The second-order valence-electron chi connectivity index (χ2n) is 5.03. The fourth-order valence-corrected chi connectivity index (χ4v) is 2.44. The number of anilines is 1. The first-order chi connectivity index (χ1) is 9.03. The minimum absolute atomic E-state index is 0.295. The van der Waals surface area contributed by atoms with Gasteiger partial charge in [0.1, 0.15) is 5.82 Å². The fraction of sp³-hybridized carbons (Fsp3) is 0.500. The van der Waals surface area contributed by atoms with Gasteiger partial charge in [-0.3, -0.25) is 4.79 Å². The Morgan fingerprint density at radius 3 is 2.47 bits per heavy atom. The van der Waals surface area contributed by atoms with Crippen LogP contribution in [0.5, 0.6) is 0 Å². The Morgan fingerprint density at radius 1 is 1.37 bits per heavy atom. The topological polar surface area (TPSA) is 49.8 Å². The molecule has 1 fully saturated rings. The smallest absolute Gasteiger partial charge is 0.311 e. The summed E-state index contributed by atoms with van der Waals surface area (Å²) in [6, 6.07) is 6.07. The second-order valence-corrected chi connectivity index (χ2v) is 5.03. The van der Waals surface area contributed by atoms with Crippen molar-refractivity contribution in [3.8, 4) is 0 Å². The molecule has 1 saturated heterocycles. The van der Waals surface area contributed by atoms with Gasteiger partial charge in [-0.05, 0) is 37.1 Å². The molecule has 1 aromatic rings. The summed E-state index contributed by atoms with van der Waals surface area (Å²) in [5.41, 5.74) is 0.0370. The lowest BCUT2D eigenvalue weighted by atomic mass is 9.79. The van der Waals surface area contributed by atoms with Crippen molar-refractivity contribution in [3.05, 3.63) is 30.1 Å². The number of hydrogen-bond donors (Lipinski definition) is 1. The second kappa shape index (κ2) is 5.57. The van der Waals surface area contributed by atoms with Crippen molar-refractivity contribution < 1.29 is 19.0 Å². The van der Waals surface area contributed by atoms with Crippen LogP contribution < -0.4 is 4.90 Å². The van der Waals surface area contributed by atoms with Gasteiger partial charge in [-0.25, -0.2) is 4.39 Å². The van der Waals surface area contributed by atoms with Crippen LogP contribution in [-0.4, -0.2) is 37.9 Å². The average molecular weight is 267 g/mol. The van der Waals surface area contributed by atoms with E-state index in [-0.39, 0.29) is 5.82 Å². The molecule has 0 aliphatic carbocycles. The van der Waals surface area contributed by atoms with Crippen molar-refractivity contribution in [2.45, 2.75) is 12.8 Å². The number of rotatable bonds is 4. The summed E-state index contributed by atoms with van der Waals surface area (Å²) >= 11 is 0. The normalized spacial score (nSPS) is 18.0. The van der Waals surface area contributed by atoms with E-state index in [0.29, 0.717) is 32.6 Å². The van der Waals surface area contributed by atoms with Crippen molar-refractivity contribution in [1.29, 1.82) is 0 Å². The van der Waals surface area contributed by atoms with Gasteiger partial charge in [0.15, 0.2) is 0 Å². The largest absolute Gasteiger partial charge is 0.481 e. The van der Waals surface area contributed by atoms with Gasteiger partial charge in [-0.2, -0.15) is 0 Å². The van der Waals surface area contributed by atoms with E-state index >= 15 is 0 Å². The molecule has 0 aromatic heterocycles. The minimum atomic E-state index is -0.787. The molecule has 0 bridgehead atoms. The van der Waals surface area contributed by atoms with E-state index in [9.17, 15) is 14.3 Å². The first-order valence-corrected chi connectivity index (χ1v) is 6.31. The number of carbonyl (C=O) groups is 1. The maximum Gasteiger partial charge on any atom is 0.311 e. The Labute approximate surface area is 111 Å². The van der Waals surface area contributed by atoms with E-state index < -0.39 is 11.4 Å². The maximum absolute atomic E-state index is 12.9. The zero-order valence-electron chi connectivity index (χ0n) is 10.9. The quantitative estimate of drug-likeness (QED) is 0.908. The summed E-state index contributed by atoms with van der Waals surface area (Å²) < 4.78 is 18.1. The van der Waals surface area contributed by atoms with Gasteiger partial charge in [-0.1, -0.05) is 0 Å². The molecule has 1 heterocycles. The number of benzene rings is 1. The number of carboxylic acid groups (broad SMARTS) is 1. The van der Waals surface area contributed by atoms with Crippen molar-refractivity contribution in [2.24, 2.45) is 5.41 Å². The number of halogens is 1. The molecule has 5 heteroatoms. The highest BCUT2D eigenvalue weighted by Crippen LogP contribution is 2.33. The zero-order chi connectivity index (χ0) is 13.9. The Balaban J connectivity index is 2.12. The zero-order valence-corrected chi connectivity index (χ0v) is 10.9. The highest BCUT2D eigenvalue weighted by molar-refractivity contribution is 5.75. The molecule has 1 N–H and O–H groups in total. The molecule has 104 valence electrons. The van der Waals surface area contributed by atoms with E-state index in [1.165, 1.54) is 12.1 Å². The lowest BCUT2D eigenvalue weighted by Gasteiger charge is -2.37. The SMILES string of the molecule is CN(CC1(C(=O)O)CCOCC1)c1ccc(F)cc1. The van der Waals surface area contributed by atoms with Crippen molar-refractivity contribution in [3.63, 3.8) is 0 Å². The Kier molecular flexibility index (Phi) is 4.04. The molecule has 0 amide bonds. The number of hydrogen-bond acceptors (Lipinski definition) is 3. The van der Waals surface area contributed by atoms with E-state index in [1.54, 1.807) is 12.1 Å². The van der Waals surface area contributed by atoms with Crippen LogP contribution in [0.15, 0.2) is 24.3 Å². The Bertz CT molecular complexity index is 441. The maximum atomic E-state index is 12.9. The third-order valence-corrected chi connectivity index (χ3v) is 3.71. The minimum Gasteiger partial charge on any atom is -0.481 e. The number of carboxylic acids is 1. The van der Waals surface area contributed by atoms with Crippen molar-refractivity contribution in [1.82, 2.24) is 0 Å². The first-order valence-electron chi connectivity index (χ1n) is 6.31. The van der Waals surface area contributed by atoms with Crippen LogP contribution in [0.2, 0.25) is 0 Å². The molecular weight excluding hydrogens is 249 g/mol. The van der Waals surface area contributed by atoms with Gasteiger partial charge < -0.3 is 14.7 Å². The van der Waals surface area contributed by atoms with Gasteiger partial charge in [-0.15, -0.1) is 0 Å². The summed E-state index contributed by atoms with van der Waals surface area (Å²) in [4.78, 5) is 13.4. The molecule has 2 rings (SSSR count). The van der Waals surface area contributed by atoms with Crippen LogP contribution >= 0.6 is 0 Å². The molecule has 4 nitrogen and oxygen atoms in total. The van der Waals surface area contributed by atoms with E-state index in [4.69, 9.17) is 4.74 Å².